The number of aromatic nitrogens is 1. The molecule has 1 saturated carbocycles. The van der Waals surface area contributed by atoms with E-state index in [1.54, 1.807) is 12.3 Å². The highest BCUT2D eigenvalue weighted by molar-refractivity contribution is 7.89. The van der Waals surface area contributed by atoms with Crippen LogP contribution in [-0.2, 0) is 16.6 Å². The van der Waals surface area contributed by atoms with Crippen LogP contribution in [0.1, 0.15) is 45.2 Å². The maximum absolute atomic E-state index is 12.5. The second kappa shape index (κ2) is 5.87. The Balaban J connectivity index is 2.13. The van der Waals surface area contributed by atoms with E-state index in [1.165, 1.54) is 6.42 Å². The molecule has 0 spiro atoms. The molecule has 1 unspecified atom stereocenters. The van der Waals surface area contributed by atoms with Gasteiger partial charge >= 0.3 is 0 Å². The summed E-state index contributed by atoms with van der Waals surface area (Å²) in [5.74, 6) is 0. The first kappa shape index (κ1) is 15.5. The van der Waals surface area contributed by atoms with Gasteiger partial charge in [0.15, 0.2) is 0 Å². The summed E-state index contributed by atoms with van der Waals surface area (Å²) in [6, 6.07) is 1.71. The molecule has 2 rings (SSSR count). The van der Waals surface area contributed by atoms with Crippen LogP contribution >= 0.6 is 0 Å². The molecule has 1 heterocycles. The predicted octanol–water partition coefficient (Wildman–Crippen LogP) is 1.98. The summed E-state index contributed by atoms with van der Waals surface area (Å²) in [7, 11) is -1.61. The number of aromatic amines is 1. The van der Waals surface area contributed by atoms with Gasteiger partial charge in [-0.2, -0.15) is 0 Å². The van der Waals surface area contributed by atoms with E-state index in [1.807, 2.05) is 7.05 Å². The third-order valence-electron chi connectivity index (χ3n) is 4.20. The van der Waals surface area contributed by atoms with E-state index in [0.717, 1.165) is 25.0 Å². The molecule has 0 saturated heterocycles. The molecule has 5 nitrogen and oxygen atoms in total. The SMILES string of the molecule is CNCc1cc(S(=O)(=O)NC2CCCCC2(C)C)c[nH]1. The molecule has 0 aliphatic heterocycles. The molecule has 1 aromatic rings. The van der Waals surface area contributed by atoms with E-state index in [9.17, 15) is 8.42 Å². The van der Waals surface area contributed by atoms with Gasteiger partial charge in [0.1, 0.15) is 0 Å². The van der Waals surface area contributed by atoms with Crippen LogP contribution in [0.15, 0.2) is 17.2 Å². The van der Waals surface area contributed by atoms with Crippen molar-refractivity contribution in [2.75, 3.05) is 7.05 Å². The number of hydrogen-bond donors (Lipinski definition) is 3. The first-order valence-electron chi connectivity index (χ1n) is 7.19. The van der Waals surface area contributed by atoms with Crippen LogP contribution in [0.2, 0.25) is 0 Å². The molecule has 6 heteroatoms. The van der Waals surface area contributed by atoms with Crippen molar-refractivity contribution in [3.05, 3.63) is 18.0 Å². The summed E-state index contributed by atoms with van der Waals surface area (Å²) >= 11 is 0. The molecule has 114 valence electrons. The van der Waals surface area contributed by atoms with Gasteiger partial charge in [0.25, 0.3) is 0 Å². The van der Waals surface area contributed by atoms with Gasteiger partial charge in [-0.1, -0.05) is 26.7 Å². The van der Waals surface area contributed by atoms with Crippen molar-refractivity contribution in [1.82, 2.24) is 15.0 Å². The van der Waals surface area contributed by atoms with Crippen LogP contribution in [0.3, 0.4) is 0 Å². The Morgan fingerprint density at radius 1 is 1.40 bits per heavy atom. The molecule has 1 atom stereocenters. The van der Waals surface area contributed by atoms with Crippen molar-refractivity contribution in [3.8, 4) is 0 Å². The molecular formula is C14H25N3O2S. The largest absolute Gasteiger partial charge is 0.363 e. The Hall–Kier alpha value is -0.850. The zero-order valence-corrected chi connectivity index (χ0v) is 13.3. The Labute approximate surface area is 121 Å². The molecule has 1 aliphatic carbocycles. The average molecular weight is 299 g/mol. The molecular weight excluding hydrogens is 274 g/mol. The van der Waals surface area contributed by atoms with Crippen molar-refractivity contribution in [3.63, 3.8) is 0 Å². The van der Waals surface area contributed by atoms with Crippen LogP contribution in [-0.4, -0.2) is 26.5 Å². The smallest absolute Gasteiger partial charge is 0.242 e. The minimum absolute atomic E-state index is 0.0175. The van der Waals surface area contributed by atoms with Gasteiger partial charge in [-0.15, -0.1) is 0 Å². The van der Waals surface area contributed by atoms with Gasteiger partial charge in [-0.05, 0) is 31.4 Å². The summed E-state index contributed by atoms with van der Waals surface area (Å²) in [5.41, 5.74) is 0.894. The van der Waals surface area contributed by atoms with Gasteiger partial charge in [0.2, 0.25) is 10.0 Å². The molecule has 0 aromatic carbocycles. The van der Waals surface area contributed by atoms with E-state index in [-0.39, 0.29) is 11.5 Å². The second-order valence-corrected chi connectivity index (χ2v) is 8.01. The fourth-order valence-electron chi connectivity index (χ4n) is 2.83. The van der Waals surface area contributed by atoms with Gasteiger partial charge in [0, 0.05) is 24.5 Å². The Bertz CT molecular complexity index is 549. The first-order valence-corrected chi connectivity index (χ1v) is 8.68. The lowest BCUT2D eigenvalue weighted by atomic mass is 9.74. The van der Waals surface area contributed by atoms with Gasteiger partial charge < -0.3 is 10.3 Å². The van der Waals surface area contributed by atoms with Crippen molar-refractivity contribution >= 4 is 10.0 Å². The van der Waals surface area contributed by atoms with Crippen LogP contribution in [0.25, 0.3) is 0 Å². The maximum atomic E-state index is 12.5. The minimum Gasteiger partial charge on any atom is -0.363 e. The molecule has 20 heavy (non-hydrogen) atoms. The average Bonchev–Trinajstić information content (AvgIpc) is 2.82. The second-order valence-electron chi connectivity index (χ2n) is 6.30. The lowest BCUT2D eigenvalue weighted by molar-refractivity contribution is 0.188. The monoisotopic (exact) mass is 299 g/mol. The van der Waals surface area contributed by atoms with E-state index in [0.29, 0.717) is 11.4 Å². The topological polar surface area (TPSA) is 74.0 Å². The van der Waals surface area contributed by atoms with Crippen LogP contribution < -0.4 is 10.0 Å². The lowest BCUT2D eigenvalue weighted by Crippen LogP contribution is -2.46. The highest BCUT2D eigenvalue weighted by Gasteiger charge is 2.35. The highest BCUT2D eigenvalue weighted by atomic mass is 32.2. The van der Waals surface area contributed by atoms with Crippen LogP contribution in [0.4, 0.5) is 0 Å². The predicted molar refractivity (Wildman–Crippen MR) is 79.9 cm³/mol. The van der Waals surface area contributed by atoms with E-state index in [4.69, 9.17) is 0 Å². The van der Waals surface area contributed by atoms with Crippen LogP contribution in [0.5, 0.6) is 0 Å². The quantitative estimate of drug-likeness (QED) is 0.778. The normalized spacial score (nSPS) is 22.9. The Morgan fingerprint density at radius 3 is 2.80 bits per heavy atom. The standard InChI is InChI=1S/C14H25N3O2S/c1-14(2)7-5-4-6-13(14)17-20(18,19)12-8-11(9-15-3)16-10-12/h8,10,13,15-17H,4-7,9H2,1-3H3. The summed E-state index contributed by atoms with van der Waals surface area (Å²) in [6.07, 6.45) is 5.82. The first-order chi connectivity index (χ1) is 9.35. The van der Waals surface area contributed by atoms with Crippen molar-refractivity contribution in [2.24, 2.45) is 5.41 Å². The Kier molecular flexibility index (Phi) is 4.56. The van der Waals surface area contributed by atoms with Crippen molar-refractivity contribution in [2.45, 2.75) is 57.0 Å². The highest BCUT2D eigenvalue weighted by Crippen LogP contribution is 2.36. The molecule has 3 N–H and O–H groups in total. The zero-order chi connectivity index (χ0) is 14.8. The summed E-state index contributed by atoms with van der Waals surface area (Å²) in [6.45, 7) is 4.91. The lowest BCUT2D eigenvalue weighted by Gasteiger charge is -2.38. The molecule has 0 radical (unpaired) electrons. The number of H-pyrrole nitrogens is 1. The van der Waals surface area contributed by atoms with E-state index < -0.39 is 10.0 Å². The van der Waals surface area contributed by atoms with Gasteiger partial charge in [-0.3, -0.25) is 0 Å². The van der Waals surface area contributed by atoms with Crippen LogP contribution in [0, 0.1) is 5.41 Å². The molecule has 1 aliphatic rings. The third-order valence-corrected chi connectivity index (χ3v) is 5.65. The summed E-state index contributed by atoms with van der Waals surface area (Å²) in [4.78, 5) is 3.31. The van der Waals surface area contributed by atoms with Gasteiger partial charge in [-0.25, -0.2) is 13.1 Å². The number of nitrogens with one attached hydrogen (secondary N) is 3. The van der Waals surface area contributed by atoms with E-state index in [2.05, 4.69) is 28.9 Å². The van der Waals surface area contributed by atoms with E-state index >= 15 is 0 Å². The van der Waals surface area contributed by atoms with Crippen molar-refractivity contribution < 1.29 is 8.42 Å². The maximum Gasteiger partial charge on any atom is 0.242 e. The number of hydrogen-bond acceptors (Lipinski definition) is 3. The minimum atomic E-state index is -3.44. The number of sulfonamides is 1. The fourth-order valence-corrected chi connectivity index (χ4v) is 4.29. The zero-order valence-electron chi connectivity index (χ0n) is 12.5. The molecule has 0 amide bonds. The van der Waals surface area contributed by atoms with Gasteiger partial charge in [0.05, 0.1) is 4.90 Å². The molecule has 1 aromatic heterocycles. The molecule has 1 fully saturated rings. The fraction of sp³-hybridized carbons (Fsp3) is 0.714. The third kappa shape index (κ3) is 3.42. The Morgan fingerprint density at radius 2 is 2.15 bits per heavy atom. The molecule has 0 bridgehead atoms. The number of rotatable bonds is 5. The summed E-state index contributed by atoms with van der Waals surface area (Å²) < 4.78 is 27.8. The van der Waals surface area contributed by atoms with Crippen molar-refractivity contribution in [1.29, 1.82) is 0 Å². The summed E-state index contributed by atoms with van der Waals surface area (Å²) in [5, 5.41) is 3.00.